The number of phenolic OH excluding ortho intramolecular Hbond substituents is 1. The lowest BCUT2D eigenvalue weighted by Crippen LogP contribution is -2.08. The smallest absolute Gasteiger partial charge is 0.343 e. The molecule has 0 aliphatic heterocycles. The zero-order chi connectivity index (χ0) is 17.1. The van der Waals surface area contributed by atoms with Crippen LogP contribution in [-0.2, 0) is 17.6 Å². The van der Waals surface area contributed by atoms with E-state index in [4.69, 9.17) is 4.74 Å². The number of fused-ring (bicyclic) bond motifs is 1. The number of aryl methyl sites for hydroxylation is 2. The van der Waals surface area contributed by atoms with E-state index in [0.717, 1.165) is 0 Å². The average Bonchev–Trinajstić information content (AvgIpc) is 2.94. The van der Waals surface area contributed by atoms with Gasteiger partial charge in [-0.05, 0) is 49.6 Å². The molecule has 0 atom stereocenters. The van der Waals surface area contributed by atoms with E-state index in [2.05, 4.69) is 10.1 Å². The number of esters is 1. The number of halogens is 1. The van der Waals surface area contributed by atoms with Gasteiger partial charge < -0.3 is 9.84 Å². The van der Waals surface area contributed by atoms with Crippen LogP contribution in [0.15, 0.2) is 36.7 Å². The quantitative estimate of drug-likeness (QED) is 0.728. The third-order valence-electron chi connectivity index (χ3n) is 3.62. The van der Waals surface area contributed by atoms with E-state index in [1.807, 2.05) is 0 Å². The van der Waals surface area contributed by atoms with Gasteiger partial charge in [0.25, 0.3) is 0 Å². The van der Waals surface area contributed by atoms with Gasteiger partial charge in [0.05, 0.1) is 12.3 Å². The summed E-state index contributed by atoms with van der Waals surface area (Å²) in [5.41, 5.74) is 1.66. The number of aromatic hydroxyl groups is 1. The molecule has 1 N–H and O–H groups in total. The highest BCUT2D eigenvalue weighted by Crippen LogP contribution is 2.22. The molecule has 2 aromatic heterocycles. The van der Waals surface area contributed by atoms with Crippen LogP contribution < -0.4 is 0 Å². The summed E-state index contributed by atoms with van der Waals surface area (Å²) in [6.45, 7) is 1.97. The molecule has 3 rings (SSSR count). The summed E-state index contributed by atoms with van der Waals surface area (Å²) in [4.78, 5) is 16.4. The fourth-order valence-corrected chi connectivity index (χ4v) is 2.53. The zero-order valence-corrected chi connectivity index (χ0v) is 13.1. The molecular formula is C17H16FN3O3. The van der Waals surface area contributed by atoms with Crippen molar-refractivity contribution in [3.05, 3.63) is 59.3 Å². The van der Waals surface area contributed by atoms with Gasteiger partial charge >= 0.3 is 5.97 Å². The first-order valence-electron chi connectivity index (χ1n) is 7.57. The first-order chi connectivity index (χ1) is 11.6. The molecule has 24 heavy (non-hydrogen) atoms. The molecule has 2 heterocycles. The topological polar surface area (TPSA) is 76.7 Å². The van der Waals surface area contributed by atoms with Crippen molar-refractivity contribution in [2.45, 2.75) is 19.8 Å². The first kappa shape index (κ1) is 15.9. The summed E-state index contributed by atoms with van der Waals surface area (Å²) >= 11 is 0. The number of hydrogen-bond acceptors (Lipinski definition) is 5. The van der Waals surface area contributed by atoms with Crippen molar-refractivity contribution in [2.75, 3.05) is 6.61 Å². The number of nitrogens with zero attached hydrogens (tertiary/aromatic N) is 3. The van der Waals surface area contributed by atoms with E-state index < -0.39 is 11.8 Å². The van der Waals surface area contributed by atoms with Crippen molar-refractivity contribution in [1.29, 1.82) is 0 Å². The lowest BCUT2D eigenvalue weighted by Gasteiger charge is -2.05. The molecule has 0 fully saturated rings. The van der Waals surface area contributed by atoms with Gasteiger partial charge in [0, 0.05) is 12.4 Å². The van der Waals surface area contributed by atoms with E-state index in [1.165, 1.54) is 22.7 Å². The standard InChI is InChI=1S/C17H16FN3O3/c1-2-24-17(23)15-13(20-21-9-3-8-19-16(15)21)6-4-11-10-12(18)5-7-14(11)22/h3,5,7-10,22H,2,4,6H2,1H3. The highest BCUT2D eigenvalue weighted by molar-refractivity contribution is 5.97. The Morgan fingerprint density at radius 3 is 3.00 bits per heavy atom. The molecule has 0 aliphatic rings. The SMILES string of the molecule is CCOC(=O)c1c(CCc2cc(F)ccc2O)nn2cccnc12. The minimum Gasteiger partial charge on any atom is -0.508 e. The molecule has 0 saturated heterocycles. The second kappa shape index (κ2) is 6.66. The Balaban J connectivity index is 1.95. The van der Waals surface area contributed by atoms with Crippen LogP contribution in [0.2, 0.25) is 0 Å². The van der Waals surface area contributed by atoms with Crippen LogP contribution in [0.4, 0.5) is 4.39 Å². The molecule has 7 heteroatoms. The number of carbonyl (C=O) groups is 1. The van der Waals surface area contributed by atoms with Crippen LogP contribution in [0, 0.1) is 5.82 Å². The molecule has 0 aliphatic carbocycles. The third kappa shape index (κ3) is 3.05. The van der Waals surface area contributed by atoms with E-state index in [0.29, 0.717) is 35.3 Å². The number of aromatic nitrogens is 3. The predicted octanol–water partition coefficient (Wildman–Crippen LogP) is 2.54. The maximum Gasteiger partial charge on any atom is 0.343 e. The van der Waals surface area contributed by atoms with Crippen LogP contribution in [0.25, 0.3) is 5.65 Å². The number of rotatable bonds is 5. The Labute approximate surface area is 137 Å². The van der Waals surface area contributed by atoms with Crippen molar-refractivity contribution < 1.29 is 19.0 Å². The Morgan fingerprint density at radius 1 is 1.38 bits per heavy atom. The summed E-state index contributed by atoms with van der Waals surface area (Å²) in [6.07, 6.45) is 3.94. The van der Waals surface area contributed by atoms with Crippen LogP contribution in [0.1, 0.15) is 28.5 Å². The van der Waals surface area contributed by atoms with E-state index >= 15 is 0 Å². The fourth-order valence-electron chi connectivity index (χ4n) is 2.53. The summed E-state index contributed by atoms with van der Waals surface area (Å²) in [6, 6.07) is 5.48. The van der Waals surface area contributed by atoms with Gasteiger partial charge in [-0.2, -0.15) is 5.10 Å². The molecular weight excluding hydrogens is 313 g/mol. The minimum atomic E-state index is -0.496. The maximum absolute atomic E-state index is 13.3. The molecule has 6 nitrogen and oxygen atoms in total. The number of benzene rings is 1. The Bertz CT molecular complexity index is 892. The molecule has 124 valence electrons. The molecule has 0 unspecified atom stereocenters. The normalized spacial score (nSPS) is 10.9. The monoisotopic (exact) mass is 329 g/mol. The maximum atomic E-state index is 13.3. The van der Waals surface area contributed by atoms with Gasteiger partial charge in [-0.25, -0.2) is 18.7 Å². The van der Waals surface area contributed by atoms with Gasteiger partial charge in [-0.3, -0.25) is 0 Å². The zero-order valence-electron chi connectivity index (χ0n) is 13.1. The number of hydrogen-bond donors (Lipinski definition) is 1. The lowest BCUT2D eigenvalue weighted by molar-refractivity contribution is 0.0527. The van der Waals surface area contributed by atoms with E-state index in [1.54, 1.807) is 25.4 Å². The minimum absolute atomic E-state index is 0.0102. The van der Waals surface area contributed by atoms with Crippen LogP contribution in [0.5, 0.6) is 5.75 Å². The van der Waals surface area contributed by atoms with Crippen LogP contribution in [-0.4, -0.2) is 32.3 Å². The summed E-state index contributed by atoms with van der Waals surface area (Å²) < 4.78 is 19.9. The van der Waals surface area contributed by atoms with Gasteiger partial charge in [0.15, 0.2) is 5.65 Å². The Hall–Kier alpha value is -2.96. The highest BCUT2D eigenvalue weighted by atomic mass is 19.1. The van der Waals surface area contributed by atoms with Crippen molar-refractivity contribution in [2.24, 2.45) is 0 Å². The van der Waals surface area contributed by atoms with Crippen molar-refractivity contribution in [3.63, 3.8) is 0 Å². The first-order valence-corrected chi connectivity index (χ1v) is 7.57. The molecule has 0 amide bonds. The van der Waals surface area contributed by atoms with Gasteiger partial charge in [-0.15, -0.1) is 0 Å². The van der Waals surface area contributed by atoms with E-state index in [-0.39, 0.29) is 12.4 Å². The lowest BCUT2D eigenvalue weighted by atomic mass is 10.0. The van der Waals surface area contributed by atoms with Gasteiger partial charge in [0.2, 0.25) is 0 Å². The second-order valence-corrected chi connectivity index (χ2v) is 5.20. The largest absolute Gasteiger partial charge is 0.508 e. The molecule has 0 spiro atoms. The summed E-state index contributed by atoms with van der Waals surface area (Å²) in [5.74, 6) is -0.911. The summed E-state index contributed by atoms with van der Waals surface area (Å²) in [7, 11) is 0. The van der Waals surface area contributed by atoms with Crippen molar-refractivity contribution in [1.82, 2.24) is 14.6 Å². The molecule has 0 radical (unpaired) electrons. The molecule has 0 bridgehead atoms. The van der Waals surface area contributed by atoms with Crippen molar-refractivity contribution >= 4 is 11.6 Å². The van der Waals surface area contributed by atoms with Crippen LogP contribution in [0.3, 0.4) is 0 Å². The van der Waals surface area contributed by atoms with E-state index in [9.17, 15) is 14.3 Å². The second-order valence-electron chi connectivity index (χ2n) is 5.20. The molecule has 3 aromatic rings. The number of carbonyl (C=O) groups excluding carboxylic acids is 1. The van der Waals surface area contributed by atoms with Crippen LogP contribution >= 0.6 is 0 Å². The van der Waals surface area contributed by atoms with Gasteiger partial charge in [0.1, 0.15) is 17.1 Å². The fraction of sp³-hybridized carbons (Fsp3) is 0.235. The average molecular weight is 329 g/mol. The third-order valence-corrected chi connectivity index (χ3v) is 3.62. The Morgan fingerprint density at radius 2 is 2.21 bits per heavy atom. The summed E-state index contributed by atoms with van der Waals surface area (Å²) in [5, 5.41) is 14.2. The number of ether oxygens (including phenoxy) is 1. The van der Waals surface area contributed by atoms with Crippen molar-refractivity contribution in [3.8, 4) is 5.75 Å². The predicted molar refractivity (Wildman–Crippen MR) is 84.4 cm³/mol. The Kier molecular flexibility index (Phi) is 4.41. The number of phenols is 1. The van der Waals surface area contributed by atoms with Gasteiger partial charge in [-0.1, -0.05) is 0 Å². The molecule has 1 aromatic carbocycles. The highest BCUT2D eigenvalue weighted by Gasteiger charge is 2.22. The molecule has 0 saturated carbocycles.